The van der Waals surface area contributed by atoms with Crippen LogP contribution < -0.4 is 10.6 Å². The van der Waals surface area contributed by atoms with E-state index in [9.17, 15) is 9.59 Å². The number of hydrogen-bond acceptors (Lipinski definition) is 4. The standard InChI is InChI=1S/C32H28N2O4/c35-31(37-19-29-25-13-5-1-9-21(25)22-10-2-6-14-26(22)29)33-17-18-34-32(36)38-20-30-27-15-7-3-11-23(27)24-12-4-8-16-28(24)30/h1-16,29-30H,17-20H2,(H,33,35)(H,34,36). The van der Waals surface area contributed by atoms with Crippen LogP contribution >= 0.6 is 0 Å². The van der Waals surface area contributed by atoms with Gasteiger partial charge in [-0.2, -0.15) is 0 Å². The summed E-state index contributed by atoms with van der Waals surface area (Å²) < 4.78 is 11.1. The first-order chi connectivity index (χ1) is 18.7. The van der Waals surface area contributed by atoms with Crippen LogP contribution in [-0.2, 0) is 9.47 Å². The van der Waals surface area contributed by atoms with E-state index in [1.165, 1.54) is 44.5 Å². The summed E-state index contributed by atoms with van der Waals surface area (Å²) >= 11 is 0. The van der Waals surface area contributed by atoms with Crippen LogP contribution in [0.15, 0.2) is 97.1 Å². The summed E-state index contributed by atoms with van der Waals surface area (Å²) in [5.41, 5.74) is 9.40. The van der Waals surface area contributed by atoms with Crippen molar-refractivity contribution in [1.29, 1.82) is 0 Å². The molecular weight excluding hydrogens is 476 g/mol. The van der Waals surface area contributed by atoms with E-state index in [0.29, 0.717) is 0 Å². The predicted molar refractivity (Wildman–Crippen MR) is 146 cm³/mol. The Morgan fingerprint density at radius 3 is 1.11 bits per heavy atom. The van der Waals surface area contributed by atoms with E-state index in [-0.39, 0.29) is 38.1 Å². The van der Waals surface area contributed by atoms with Crippen molar-refractivity contribution in [3.8, 4) is 22.3 Å². The van der Waals surface area contributed by atoms with Gasteiger partial charge in [0.2, 0.25) is 0 Å². The lowest BCUT2D eigenvalue weighted by atomic mass is 9.98. The molecular formula is C32H28N2O4. The Balaban J connectivity index is 0.952. The van der Waals surface area contributed by atoms with E-state index in [1.807, 2.05) is 48.5 Å². The van der Waals surface area contributed by atoms with Gasteiger partial charge in [-0.25, -0.2) is 9.59 Å². The molecule has 0 heterocycles. The number of hydrogen-bond donors (Lipinski definition) is 2. The second-order valence-electron chi connectivity index (χ2n) is 9.50. The van der Waals surface area contributed by atoms with Crippen LogP contribution in [0, 0.1) is 0 Å². The van der Waals surface area contributed by atoms with Gasteiger partial charge < -0.3 is 20.1 Å². The summed E-state index contributed by atoms with van der Waals surface area (Å²) in [6, 6.07) is 32.9. The lowest BCUT2D eigenvalue weighted by molar-refractivity contribution is 0.138. The zero-order chi connectivity index (χ0) is 25.9. The van der Waals surface area contributed by atoms with Crippen molar-refractivity contribution in [3.63, 3.8) is 0 Å². The van der Waals surface area contributed by atoms with Gasteiger partial charge in [-0.3, -0.25) is 0 Å². The number of fused-ring (bicyclic) bond motifs is 6. The monoisotopic (exact) mass is 504 g/mol. The number of benzene rings is 4. The Labute approximate surface area is 221 Å². The van der Waals surface area contributed by atoms with Crippen molar-refractivity contribution >= 4 is 12.2 Å². The van der Waals surface area contributed by atoms with Crippen LogP contribution in [0.25, 0.3) is 22.3 Å². The van der Waals surface area contributed by atoms with E-state index in [1.54, 1.807) is 0 Å². The number of alkyl carbamates (subject to hydrolysis) is 2. The van der Waals surface area contributed by atoms with Gasteiger partial charge in [0.25, 0.3) is 0 Å². The third-order valence-electron chi connectivity index (χ3n) is 7.35. The van der Waals surface area contributed by atoms with E-state index >= 15 is 0 Å². The molecule has 4 aromatic rings. The Hall–Kier alpha value is -4.58. The fourth-order valence-corrected chi connectivity index (χ4v) is 5.63. The highest BCUT2D eigenvalue weighted by atomic mass is 16.6. The van der Waals surface area contributed by atoms with Crippen molar-refractivity contribution in [2.24, 2.45) is 0 Å². The molecule has 2 aliphatic rings. The molecule has 6 nitrogen and oxygen atoms in total. The Bertz CT molecular complexity index is 1290. The minimum absolute atomic E-state index is 0.00658. The molecule has 0 saturated heterocycles. The van der Waals surface area contributed by atoms with Crippen molar-refractivity contribution in [3.05, 3.63) is 119 Å². The number of amides is 2. The lowest BCUT2D eigenvalue weighted by Crippen LogP contribution is -2.36. The highest BCUT2D eigenvalue weighted by Crippen LogP contribution is 2.45. The molecule has 38 heavy (non-hydrogen) atoms. The quantitative estimate of drug-likeness (QED) is 0.300. The third-order valence-corrected chi connectivity index (χ3v) is 7.35. The number of carbonyl (C=O) groups is 2. The van der Waals surface area contributed by atoms with Crippen LogP contribution in [0.1, 0.15) is 34.1 Å². The highest BCUT2D eigenvalue weighted by Gasteiger charge is 2.30. The van der Waals surface area contributed by atoms with Crippen molar-refractivity contribution in [2.45, 2.75) is 11.8 Å². The van der Waals surface area contributed by atoms with Crippen LogP contribution in [-0.4, -0.2) is 38.5 Å². The van der Waals surface area contributed by atoms with Gasteiger partial charge in [0.15, 0.2) is 0 Å². The summed E-state index contributed by atoms with van der Waals surface area (Å²) in [5.74, 6) is 0.0132. The maximum Gasteiger partial charge on any atom is 0.407 e. The molecule has 0 aliphatic heterocycles. The average Bonchev–Trinajstić information content (AvgIpc) is 3.46. The van der Waals surface area contributed by atoms with Gasteiger partial charge in [-0.15, -0.1) is 0 Å². The molecule has 0 aromatic heterocycles. The molecule has 6 heteroatoms. The van der Waals surface area contributed by atoms with Crippen molar-refractivity contribution in [2.75, 3.05) is 26.3 Å². The van der Waals surface area contributed by atoms with Gasteiger partial charge in [-0.05, 0) is 44.5 Å². The normalized spacial score (nSPS) is 13.2. The maximum absolute atomic E-state index is 12.3. The van der Waals surface area contributed by atoms with Crippen LogP contribution in [0.5, 0.6) is 0 Å². The van der Waals surface area contributed by atoms with Gasteiger partial charge in [0.1, 0.15) is 13.2 Å². The molecule has 2 aliphatic carbocycles. The van der Waals surface area contributed by atoms with Crippen molar-refractivity contribution in [1.82, 2.24) is 10.6 Å². The van der Waals surface area contributed by atoms with E-state index < -0.39 is 12.2 Å². The summed E-state index contributed by atoms with van der Waals surface area (Å²) in [7, 11) is 0. The zero-order valence-electron chi connectivity index (χ0n) is 20.9. The topological polar surface area (TPSA) is 76.7 Å². The molecule has 0 radical (unpaired) electrons. The molecule has 0 saturated carbocycles. The summed E-state index contributed by atoms with van der Waals surface area (Å²) in [5, 5.41) is 5.40. The molecule has 4 aromatic carbocycles. The third kappa shape index (κ3) is 4.50. The molecule has 0 spiro atoms. The molecule has 0 fully saturated rings. The molecule has 190 valence electrons. The van der Waals surface area contributed by atoms with Crippen LogP contribution in [0.4, 0.5) is 9.59 Å². The molecule has 2 N–H and O–H groups in total. The average molecular weight is 505 g/mol. The summed E-state index contributed by atoms with van der Waals surface area (Å²) in [6.45, 7) is 0.973. The van der Waals surface area contributed by atoms with Gasteiger partial charge >= 0.3 is 12.2 Å². The maximum atomic E-state index is 12.3. The Morgan fingerprint density at radius 2 is 0.789 bits per heavy atom. The highest BCUT2D eigenvalue weighted by molar-refractivity contribution is 5.80. The van der Waals surface area contributed by atoms with Gasteiger partial charge in [-0.1, -0.05) is 97.1 Å². The molecule has 2 amide bonds. The minimum Gasteiger partial charge on any atom is -0.449 e. The SMILES string of the molecule is O=C(NCCNC(=O)OCC1c2ccccc2-c2ccccc21)OCC1c2ccccc2-c2ccccc21. The fourth-order valence-electron chi connectivity index (χ4n) is 5.63. The first-order valence-electron chi connectivity index (χ1n) is 12.9. The predicted octanol–water partition coefficient (Wildman–Crippen LogP) is 6.06. The fraction of sp³-hybridized carbons (Fsp3) is 0.188. The Morgan fingerprint density at radius 1 is 0.500 bits per heavy atom. The number of carbonyl (C=O) groups excluding carboxylic acids is 2. The van der Waals surface area contributed by atoms with E-state index in [4.69, 9.17) is 9.47 Å². The number of ether oxygens (including phenoxy) is 2. The molecule has 0 unspecified atom stereocenters. The first kappa shape index (κ1) is 23.8. The first-order valence-corrected chi connectivity index (χ1v) is 12.9. The Kier molecular flexibility index (Phi) is 6.53. The zero-order valence-corrected chi connectivity index (χ0v) is 20.9. The van der Waals surface area contributed by atoms with Crippen LogP contribution in [0.2, 0.25) is 0 Å². The molecule has 0 bridgehead atoms. The van der Waals surface area contributed by atoms with E-state index in [0.717, 1.165) is 0 Å². The summed E-state index contributed by atoms with van der Waals surface area (Å²) in [6.07, 6.45) is -1.03. The number of rotatable bonds is 7. The molecule has 0 atom stereocenters. The van der Waals surface area contributed by atoms with E-state index in [2.05, 4.69) is 59.2 Å². The van der Waals surface area contributed by atoms with Crippen LogP contribution in [0.3, 0.4) is 0 Å². The van der Waals surface area contributed by atoms with Gasteiger partial charge in [0.05, 0.1) is 0 Å². The van der Waals surface area contributed by atoms with Gasteiger partial charge in [0, 0.05) is 24.9 Å². The minimum atomic E-state index is -0.513. The van der Waals surface area contributed by atoms with Crippen molar-refractivity contribution < 1.29 is 19.1 Å². The second-order valence-corrected chi connectivity index (χ2v) is 9.50. The molecule has 6 rings (SSSR count). The second kappa shape index (κ2) is 10.4. The smallest absolute Gasteiger partial charge is 0.407 e. The largest absolute Gasteiger partial charge is 0.449 e. The lowest BCUT2D eigenvalue weighted by Gasteiger charge is -2.15. The summed E-state index contributed by atoms with van der Waals surface area (Å²) in [4.78, 5) is 24.6. The number of nitrogens with one attached hydrogen (secondary N) is 2.